The third kappa shape index (κ3) is 3.02. The normalized spacial score (nSPS) is 12.7. The van der Waals surface area contributed by atoms with E-state index in [-0.39, 0.29) is 15.9 Å². The van der Waals surface area contributed by atoms with Gasteiger partial charge in [-0.05, 0) is 48.0 Å². The number of carboxylic acid groups (broad SMARTS) is 1. The van der Waals surface area contributed by atoms with Crippen LogP contribution >= 0.6 is 15.9 Å². The van der Waals surface area contributed by atoms with Gasteiger partial charge >= 0.3 is 5.97 Å². The summed E-state index contributed by atoms with van der Waals surface area (Å²) in [6.07, 6.45) is 0. The predicted octanol–water partition coefficient (Wildman–Crippen LogP) is 2.46. The summed E-state index contributed by atoms with van der Waals surface area (Å²) in [6, 6.07) is 3.35. The topological polar surface area (TPSA) is 74.7 Å². The summed E-state index contributed by atoms with van der Waals surface area (Å²) in [5.74, 6) is -2.00. The second kappa shape index (κ2) is 5.79. The number of hydrogen-bond donors (Lipinski definition) is 1. The van der Waals surface area contributed by atoms with E-state index in [0.717, 1.165) is 10.4 Å². The third-order valence-electron chi connectivity index (χ3n) is 2.91. The van der Waals surface area contributed by atoms with Crippen molar-refractivity contribution in [2.75, 3.05) is 6.54 Å². The lowest BCUT2D eigenvalue weighted by molar-refractivity contribution is -0.146. The van der Waals surface area contributed by atoms with Crippen LogP contribution in [-0.4, -0.2) is 35.9 Å². The molecule has 20 heavy (non-hydrogen) atoms. The lowest BCUT2D eigenvalue weighted by atomic mass is 10.1. The molecule has 0 unspecified atom stereocenters. The van der Waals surface area contributed by atoms with Crippen LogP contribution in [0.15, 0.2) is 27.6 Å². The van der Waals surface area contributed by atoms with E-state index in [2.05, 4.69) is 15.9 Å². The third-order valence-corrected chi connectivity index (χ3v) is 5.70. The summed E-state index contributed by atoms with van der Waals surface area (Å²) in [6.45, 7) is 4.05. The average Bonchev–Trinajstić information content (AvgIpc) is 2.32. The highest BCUT2D eigenvalue weighted by Crippen LogP contribution is 2.27. The van der Waals surface area contributed by atoms with Gasteiger partial charge in [0.25, 0.3) is 0 Å². The molecule has 1 rings (SSSR count). The lowest BCUT2D eigenvalue weighted by Gasteiger charge is -2.33. The summed E-state index contributed by atoms with van der Waals surface area (Å²) in [7, 11) is -4.10. The Labute approximate surface area is 125 Å². The number of aliphatic carboxylic acids is 1. The molecule has 112 valence electrons. The first-order valence-electron chi connectivity index (χ1n) is 5.76. The van der Waals surface area contributed by atoms with Crippen molar-refractivity contribution < 1.29 is 22.7 Å². The van der Waals surface area contributed by atoms with Crippen LogP contribution in [0, 0.1) is 5.82 Å². The van der Waals surface area contributed by atoms with Crippen molar-refractivity contribution in [3.63, 3.8) is 0 Å². The maximum absolute atomic E-state index is 13.5. The smallest absolute Gasteiger partial charge is 0.324 e. The molecule has 0 bridgehead atoms. The summed E-state index contributed by atoms with van der Waals surface area (Å²) in [4.78, 5) is 10.9. The maximum Gasteiger partial charge on any atom is 0.324 e. The predicted molar refractivity (Wildman–Crippen MR) is 75.4 cm³/mol. The molecule has 5 nitrogen and oxygen atoms in total. The fraction of sp³-hybridized carbons (Fsp3) is 0.417. The highest BCUT2D eigenvalue weighted by molar-refractivity contribution is 9.10. The molecular formula is C12H15BrFNO4S. The van der Waals surface area contributed by atoms with Gasteiger partial charge in [0, 0.05) is 6.54 Å². The summed E-state index contributed by atoms with van der Waals surface area (Å²) in [5, 5.41) is 9.16. The van der Waals surface area contributed by atoms with Crippen LogP contribution in [0.2, 0.25) is 0 Å². The number of benzene rings is 1. The van der Waals surface area contributed by atoms with E-state index in [0.29, 0.717) is 0 Å². The number of carbonyl (C=O) groups is 1. The van der Waals surface area contributed by atoms with Crippen LogP contribution in [0.5, 0.6) is 0 Å². The molecule has 0 aliphatic rings. The van der Waals surface area contributed by atoms with Gasteiger partial charge in [-0.3, -0.25) is 4.79 Å². The van der Waals surface area contributed by atoms with Gasteiger partial charge in [0.1, 0.15) is 11.4 Å². The standard InChI is InChI=1S/C12H15BrFNO4S/c1-4-15(12(2,3)11(16)17)20(18,19)8-5-6-9(13)10(14)7-8/h5-7H,4H2,1-3H3,(H,16,17). The Hall–Kier alpha value is -0.990. The van der Waals surface area contributed by atoms with Crippen LogP contribution in [0.25, 0.3) is 0 Å². The Balaban J connectivity index is 3.39. The number of likely N-dealkylation sites (N-methyl/N-ethyl adjacent to an activating group) is 1. The zero-order valence-electron chi connectivity index (χ0n) is 11.2. The van der Waals surface area contributed by atoms with Gasteiger partial charge in [-0.2, -0.15) is 4.31 Å². The second-order valence-corrected chi connectivity index (χ2v) is 7.33. The van der Waals surface area contributed by atoms with Gasteiger partial charge in [0.05, 0.1) is 9.37 Å². The van der Waals surface area contributed by atoms with E-state index in [1.807, 2.05) is 0 Å². The molecule has 0 saturated heterocycles. The van der Waals surface area contributed by atoms with Crippen LogP contribution in [0.3, 0.4) is 0 Å². The van der Waals surface area contributed by atoms with Crippen molar-refractivity contribution in [2.24, 2.45) is 0 Å². The van der Waals surface area contributed by atoms with Crippen molar-refractivity contribution >= 4 is 31.9 Å². The van der Waals surface area contributed by atoms with Crippen molar-refractivity contribution in [3.05, 3.63) is 28.5 Å². The number of carboxylic acids is 1. The molecule has 0 aromatic heterocycles. The van der Waals surface area contributed by atoms with E-state index in [1.54, 1.807) is 0 Å². The molecule has 0 spiro atoms. The molecule has 0 saturated carbocycles. The zero-order valence-corrected chi connectivity index (χ0v) is 13.6. The number of halogens is 2. The van der Waals surface area contributed by atoms with Crippen molar-refractivity contribution in [3.8, 4) is 0 Å². The zero-order chi connectivity index (χ0) is 15.7. The van der Waals surface area contributed by atoms with Crippen LogP contribution in [0.4, 0.5) is 4.39 Å². The van der Waals surface area contributed by atoms with Crippen molar-refractivity contribution in [2.45, 2.75) is 31.2 Å². The highest BCUT2D eigenvalue weighted by atomic mass is 79.9. The molecule has 1 aromatic carbocycles. The van der Waals surface area contributed by atoms with Gasteiger partial charge in [-0.15, -0.1) is 0 Å². The SMILES string of the molecule is CCN(C(C)(C)C(=O)O)S(=O)(=O)c1ccc(Br)c(F)c1. The maximum atomic E-state index is 13.5. The number of nitrogens with zero attached hydrogens (tertiary/aromatic N) is 1. The van der Waals surface area contributed by atoms with E-state index < -0.39 is 27.3 Å². The van der Waals surface area contributed by atoms with Gasteiger partial charge in [0.15, 0.2) is 0 Å². The fourth-order valence-electron chi connectivity index (χ4n) is 1.74. The molecule has 0 amide bonds. The minimum Gasteiger partial charge on any atom is -0.480 e. The number of rotatable bonds is 5. The van der Waals surface area contributed by atoms with Gasteiger partial charge in [0.2, 0.25) is 10.0 Å². The molecule has 0 atom stereocenters. The minimum absolute atomic E-state index is 0.0423. The van der Waals surface area contributed by atoms with Gasteiger partial charge in [-0.25, -0.2) is 12.8 Å². The van der Waals surface area contributed by atoms with Gasteiger partial charge in [-0.1, -0.05) is 6.92 Å². The van der Waals surface area contributed by atoms with Crippen LogP contribution < -0.4 is 0 Å². The first kappa shape index (κ1) is 17.1. The minimum atomic E-state index is -4.10. The van der Waals surface area contributed by atoms with Crippen molar-refractivity contribution in [1.82, 2.24) is 4.31 Å². The molecule has 0 aliphatic heterocycles. The first-order chi connectivity index (χ1) is 9.05. The van der Waals surface area contributed by atoms with Gasteiger partial charge < -0.3 is 5.11 Å². The Morgan fingerprint density at radius 1 is 1.45 bits per heavy atom. The Bertz CT molecular complexity index is 630. The summed E-state index contributed by atoms with van der Waals surface area (Å²) < 4.78 is 39.4. The first-order valence-corrected chi connectivity index (χ1v) is 7.99. The second-order valence-electron chi connectivity index (χ2n) is 4.61. The van der Waals surface area contributed by atoms with E-state index in [9.17, 15) is 17.6 Å². The summed E-state index contributed by atoms with van der Waals surface area (Å²) in [5.41, 5.74) is -1.63. The Morgan fingerprint density at radius 3 is 2.40 bits per heavy atom. The monoisotopic (exact) mass is 367 g/mol. The molecule has 8 heteroatoms. The molecular weight excluding hydrogens is 353 g/mol. The Kier molecular flexibility index (Phi) is 4.94. The average molecular weight is 368 g/mol. The summed E-state index contributed by atoms with van der Waals surface area (Å²) >= 11 is 2.94. The van der Waals surface area contributed by atoms with E-state index in [1.165, 1.54) is 32.9 Å². The molecule has 0 aliphatic carbocycles. The van der Waals surface area contributed by atoms with E-state index in [4.69, 9.17) is 5.11 Å². The fourth-order valence-corrected chi connectivity index (χ4v) is 3.75. The van der Waals surface area contributed by atoms with Crippen molar-refractivity contribution in [1.29, 1.82) is 0 Å². The largest absolute Gasteiger partial charge is 0.480 e. The molecule has 0 radical (unpaired) electrons. The number of sulfonamides is 1. The van der Waals surface area contributed by atoms with Crippen LogP contribution in [-0.2, 0) is 14.8 Å². The molecule has 0 fully saturated rings. The quantitative estimate of drug-likeness (QED) is 0.867. The van der Waals surface area contributed by atoms with E-state index >= 15 is 0 Å². The molecule has 1 N–H and O–H groups in total. The highest BCUT2D eigenvalue weighted by Gasteiger charge is 2.41. The molecule has 0 heterocycles. The lowest BCUT2D eigenvalue weighted by Crippen LogP contribution is -2.52. The Morgan fingerprint density at radius 2 is 2.00 bits per heavy atom. The molecule has 1 aromatic rings. The van der Waals surface area contributed by atoms with Crippen LogP contribution in [0.1, 0.15) is 20.8 Å². The number of hydrogen-bond acceptors (Lipinski definition) is 3.